The largest absolute Gasteiger partial charge is 0.352 e. The number of para-hydroxylation sites is 1. The molecule has 0 saturated heterocycles. The minimum absolute atomic E-state index is 0.0599. The van der Waals surface area contributed by atoms with Crippen LogP contribution in [0.2, 0.25) is 5.02 Å². The van der Waals surface area contributed by atoms with Crippen LogP contribution in [-0.4, -0.2) is 10.5 Å². The number of fused-ring (bicyclic) bond motifs is 1. The van der Waals surface area contributed by atoms with Crippen LogP contribution in [0.25, 0.3) is 10.9 Å². The summed E-state index contributed by atoms with van der Waals surface area (Å²) in [5.41, 5.74) is 4.25. The first kappa shape index (κ1) is 20.2. The van der Waals surface area contributed by atoms with Gasteiger partial charge < -0.3 is 9.88 Å². The molecule has 0 aliphatic heterocycles. The summed E-state index contributed by atoms with van der Waals surface area (Å²) in [5, 5.41) is 4.36. The van der Waals surface area contributed by atoms with Crippen LogP contribution in [0.3, 0.4) is 0 Å². The van der Waals surface area contributed by atoms with Gasteiger partial charge in [0.15, 0.2) is 0 Å². The van der Waals surface area contributed by atoms with E-state index in [9.17, 15) is 9.18 Å². The maximum absolute atomic E-state index is 13.1. The van der Waals surface area contributed by atoms with Crippen molar-refractivity contribution in [3.8, 4) is 0 Å². The second-order valence-electron chi connectivity index (χ2n) is 7.30. The Morgan fingerprint density at radius 2 is 1.73 bits per heavy atom. The van der Waals surface area contributed by atoms with Gasteiger partial charge in [0.2, 0.25) is 5.91 Å². The summed E-state index contributed by atoms with van der Waals surface area (Å²) < 4.78 is 15.4. The monoisotopic (exact) mass is 420 g/mol. The highest BCUT2D eigenvalue weighted by atomic mass is 35.5. The first-order valence-corrected chi connectivity index (χ1v) is 10.3. The zero-order chi connectivity index (χ0) is 20.9. The molecule has 1 heterocycles. The number of aryl methyl sites for hydroxylation is 1. The molecular formula is C25H22ClFN2O. The second-order valence-corrected chi connectivity index (χ2v) is 7.70. The molecule has 0 aliphatic carbocycles. The molecule has 3 aromatic carbocycles. The highest BCUT2D eigenvalue weighted by molar-refractivity contribution is 6.31. The molecule has 0 spiro atoms. The highest BCUT2D eigenvalue weighted by Crippen LogP contribution is 2.24. The lowest BCUT2D eigenvalue weighted by atomic mass is 10.1. The van der Waals surface area contributed by atoms with Crippen LogP contribution in [0.15, 0.2) is 79.0 Å². The van der Waals surface area contributed by atoms with Gasteiger partial charge in [-0.3, -0.25) is 4.79 Å². The molecule has 4 aromatic rings. The average Bonchev–Trinajstić information content (AvgIpc) is 3.10. The molecule has 0 fully saturated rings. The number of amides is 1. The van der Waals surface area contributed by atoms with Gasteiger partial charge in [-0.05, 0) is 41.3 Å². The fourth-order valence-corrected chi connectivity index (χ4v) is 3.86. The molecule has 4 rings (SSSR count). The van der Waals surface area contributed by atoms with Gasteiger partial charge in [-0.1, -0.05) is 66.2 Å². The fraction of sp³-hybridized carbons (Fsp3) is 0.160. The van der Waals surface area contributed by atoms with Gasteiger partial charge in [-0.25, -0.2) is 4.39 Å². The molecule has 0 atom stereocenters. The molecule has 0 saturated carbocycles. The number of rotatable bonds is 7. The van der Waals surface area contributed by atoms with Crippen molar-refractivity contribution in [3.63, 3.8) is 0 Å². The number of benzene rings is 3. The Kier molecular flexibility index (Phi) is 6.15. The standard InChI is InChI=1S/C25H22ClFN2O/c26-23-14-21(27)12-10-19(23)15-28-25(30)13-11-20-17-29(16-18-6-2-1-3-7-18)24-9-5-4-8-22(20)24/h1-10,12,14,17H,11,13,15-16H2,(H,28,30). The van der Waals surface area contributed by atoms with Crippen LogP contribution < -0.4 is 5.32 Å². The average molecular weight is 421 g/mol. The predicted octanol–water partition coefficient (Wildman–Crippen LogP) is 5.73. The van der Waals surface area contributed by atoms with Crippen molar-refractivity contribution in [2.24, 2.45) is 0 Å². The molecule has 30 heavy (non-hydrogen) atoms. The Morgan fingerprint density at radius 3 is 2.53 bits per heavy atom. The van der Waals surface area contributed by atoms with Crippen molar-refractivity contribution in [1.82, 2.24) is 9.88 Å². The van der Waals surface area contributed by atoms with Gasteiger partial charge >= 0.3 is 0 Å². The first-order valence-electron chi connectivity index (χ1n) is 9.91. The van der Waals surface area contributed by atoms with E-state index in [-0.39, 0.29) is 18.3 Å². The second kappa shape index (κ2) is 9.14. The molecule has 0 unspecified atom stereocenters. The maximum Gasteiger partial charge on any atom is 0.220 e. The number of hydrogen-bond donors (Lipinski definition) is 1. The molecule has 152 valence electrons. The lowest BCUT2D eigenvalue weighted by Crippen LogP contribution is -2.23. The number of nitrogens with zero attached hydrogens (tertiary/aromatic N) is 1. The number of carbonyl (C=O) groups excluding carboxylic acids is 1. The summed E-state index contributed by atoms with van der Waals surface area (Å²) in [6.45, 7) is 1.07. The fourth-order valence-electron chi connectivity index (χ4n) is 3.63. The molecule has 5 heteroatoms. The van der Waals surface area contributed by atoms with Crippen LogP contribution in [0.1, 0.15) is 23.1 Å². The molecule has 1 aromatic heterocycles. The lowest BCUT2D eigenvalue weighted by molar-refractivity contribution is -0.121. The van der Waals surface area contributed by atoms with Gasteiger partial charge in [-0.15, -0.1) is 0 Å². The van der Waals surface area contributed by atoms with Crippen LogP contribution in [0.5, 0.6) is 0 Å². The summed E-state index contributed by atoms with van der Waals surface area (Å²) in [5.74, 6) is -0.447. The Balaban J connectivity index is 1.43. The Labute approximate surface area is 180 Å². The minimum atomic E-state index is -0.387. The van der Waals surface area contributed by atoms with E-state index >= 15 is 0 Å². The number of carbonyl (C=O) groups is 1. The Morgan fingerprint density at radius 1 is 0.967 bits per heavy atom. The number of nitrogens with one attached hydrogen (secondary N) is 1. The molecular weight excluding hydrogens is 399 g/mol. The SMILES string of the molecule is O=C(CCc1cn(Cc2ccccc2)c2ccccc12)NCc1ccc(F)cc1Cl. The summed E-state index contributed by atoms with van der Waals surface area (Å²) in [6.07, 6.45) is 3.16. The van der Waals surface area contributed by atoms with Crippen LogP contribution in [-0.2, 0) is 24.3 Å². The van der Waals surface area contributed by atoms with E-state index < -0.39 is 0 Å². The number of aromatic nitrogens is 1. The van der Waals surface area contributed by atoms with E-state index in [2.05, 4.69) is 40.3 Å². The van der Waals surface area contributed by atoms with E-state index in [0.717, 1.165) is 17.6 Å². The van der Waals surface area contributed by atoms with Crippen molar-refractivity contribution in [3.05, 3.63) is 107 Å². The van der Waals surface area contributed by atoms with E-state index in [1.807, 2.05) is 30.3 Å². The summed E-state index contributed by atoms with van der Waals surface area (Å²) in [7, 11) is 0. The van der Waals surface area contributed by atoms with E-state index in [1.54, 1.807) is 6.07 Å². The van der Waals surface area contributed by atoms with Gasteiger partial charge in [0, 0.05) is 41.6 Å². The van der Waals surface area contributed by atoms with Gasteiger partial charge in [-0.2, -0.15) is 0 Å². The van der Waals surface area contributed by atoms with Gasteiger partial charge in [0.05, 0.1) is 0 Å². The van der Waals surface area contributed by atoms with Crippen molar-refractivity contribution in [1.29, 1.82) is 0 Å². The van der Waals surface area contributed by atoms with E-state index in [4.69, 9.17) is 11.6 Å². The van der Waals surface area contributed by atoms with Crippen molar-refractivity contribution < 1.29 is 9.18 Å². The van der Waals surface area contributed by atoms with Crippen molar-refractivity contribution in [2.45, 2.75) is 25.9 Å². The number of hydrogen-bond acceptors (Lipinski definition) is 1. The van der Waals surface area contributed by atoms with E-state index in [0.29, 0.717) is 23.4 Å². The van der Waals surface area contributed by atoms with Crippen LogP contribution in [0.4, 0.5) is 4.39 Å². The summed E-state index contributed by atoms with van der Waals surface area (Å²) in [6, 6.07) is 22.8. The van der Waals surface area contributed by atoms with Crippen molar-refractivity contribution in [2.75, 3.05) is 0 Å². The van der Waals surface area contributed by atoms with E-state index in [1.165, 1.54) is 23.1 Å². The van der Waals surface area contributed by atoms with Gasteiger partial charge in [0.1, 0.15) is 5.82 Å². The predicted molar refractivity (Wildman–Crippen MR) is 119 cm³/mol. The van der Waals surface area contributed by atoms with Crippen LogP contribution >= 0.6 is 11.6 Å². The highest BCUT2D eigenvalue weighted by Gasteiger charge is 2.11. The third kappa shape index (κ3) is 4.71. The van der Waals surface area contributed by atoms with Gasteiger partial charge in [0.25, 0.3) is 0 Å². The third-order valence-corrected chi connectivity index (χ3v) is 5.53. The number of halogens is 2. The minimum Gasteiger partial charge on any atom is -0.352 e. The quantitative estimate of drug-likeness (QED) is 0.407. The first-order chi connectivity index (χ1) is 14.6. The molecule has 0 aliphatic rings. The molecule has 1 amide bonds. The molecule has 1 N–H and O–H groups in total. The molecule has 0 radical (unpaired) electrons. The zero-order valence-corrected chi connectivity index (χ0v) is 17.2. The Bertz CT molecular complexity index is 1170. The van der Waals surface area contributed by atoms with Crippen molar-refractivity contribution >= 4 is 28.4 Å². The third-order valence-electron chi connectivity index (χ3n) is 5.18. The van der Waals surface area contributed by atoms with Crippen LogP contribution in [0, 0.1) is 5.82 Å². The molecule has 3 nitrogen and oxygen atoms in total. The summed E-state index contributed by atoms with van der Waals surface area (Å²) in [4.78, 5) is 12.4. The normalized spacial score (nSPS) is 11.0. The summed E-state index contributed by atoms with van der Waals surface area (Å²) >= 11 is 6.03. The topological polar surface area (TPSA) is 34.0 Å². The smallest absolute Gasteiger partial charge is 0.220 e. The maximum atomic E-state index is 13.1. The lowest BCUT2D eigenvalue weighted by Gasteiger charge is -2.07. The zero-order valence-electron chi connectivity index (χ0n) is 16.4. The Hall–Kier alpha value is -3.11. The molecule has 0 bridgehead atoms.